The Labute approximate surface area is 115 Å². The molecule has 2 rings (SSSR count). The number of sulfonamides is 1. The van der Waals surface area contributed by atoms with Crippen LogP contribution in [0.15, 0.2) is 29.2 Å². The van der Waals surface area contributed by atoms with E-state index in [1.54, 1.807) is 12.1 Å². The van der Waals surface area contributed by atoms with E-state index >= 15 is 0 Å². The fourth-order valence-corrected chi connectivity index (χ4v) is 3.20. The first-order valence-corrected chi connectivity index (χ1v) is 7.99. The Hall–Kier alpha value is -1.11. The maximum Gasteiger partial charge on any atom is 0.242 e. The molecule has 0 unspecified atom stereocenters. The third-order valence-electron chi connectivity index (χ3n) is 3.52. The highest BCUT2D eigenvalue weighted by atomic mass is 32.2. The van der Waals surface area contributed by atoms with Crippen molar-refractivity contribution in [2.24, 2.45) is 0 Å². The molecule has 1 aliphatic rings. The number of likely N-dealkylation sites (tertiary alicyclic amines) is 1. The number of hydrogen-bond acceptors (Lipinski definition) is 4. The van der Waals surface area contributed by atoms with E-state index in [2.05, 4.69) is 22.0 Å². The molecule has 0 atom stereocenters. The van der Waals surface area contributed by atoms with Crippen LogP contribution < -0.4 is 10.0 Å². The molecule has 19 heavy (non-hydrogen) atoms. The van der Waals surface area contributed by atoms with Crippen LogP contribution in [0.4, 0.5) is 5.69 Å². The summed E-state index contributed by atoms with van der Waals surface area (Å²) in [6.45, 7) is 2.08. The lowest BCUT2D eigenvalue weighted by Gasteiger charge is -2.30. The number of hydrogen-bond donors (Lipinski definition) is 2. The van der Waals surface area contributed by atoms with E-state index in [1.807, 2.05) is 12.1 Å². The molecule has 0 aliphatic carbocycles. The van der Waals surface area contributed by atoms with Crippen LogP contribution in [-0.2, 0) is 10.0 Å². The molecule has 1 aromatic carbocycles. The Bertz CT molecular complexity index is 522. The van der Waals surface area contributed by atoms with Crippen LogP contribution in [0.25, 0.3) is 0 Å². The van der Waals surface area contributed by atoms with E-state index < -0.39 is 10.0 Å². The molecule has 1 aromatic rings. The summed E-state index contributed by atoms with van der Waals surface area (Å²) in [5.74, 6) is 0. The van der Waals surface area contributed by atoms with Gasteiger partial charge < -0.3 is 10.2 Å². The minimum absolute atomic E-state index is 0.316. The maximum atomic E-state index is 12.0. The molecule has 0 saturated carbocycles. The van der Waals surface area contributed by atoms with Gasteiger partial charge in [-0.05, 0) is 52.2 Å². The molecule has 0 radical (unpaired) electrons. The average molecular weight is 283 g/mol. The Kier molecular flexibility index (Phi) is 4.44. The highest BCUT2D eigenvalue weighted by molar-refractivity contribution is 7.89. The van der Waals surface area contributed by atoms with Crippen LogP contribution in [0, 0.1) is 0 Å². The maximum absolute atomic E-state index is 12.0. The van der Waals surface area contributed by atoms with Gasteiger partial charge in [-0.25, -0.2) is 13.1 Å². The molecule has 1 fully saturated rings. The summed E-state index contributed by atoms with van der Waals surface area (Å²) < 4.78 is 26.3. The van der Waals surface area contributed by atoms with E-state index in [0.29, 0.717) is 16.6 Å². The number of nitrogens with zero attached hydrogens (tertiary/aromatic N) is 1. The zero-order valence-corrected chi connectivity index (χ0v) is 12.2. The topological polar surface area (TPSA) is 61.4 Å². The van der Waals surface area contributed by atoms with Crippen molar-refractivity contribution in [1.29, 1.82) is 0 Å². The average Bonchev–Trinajstić information content (AvgIpc) is 2.42. The largest absolute Gasteiger partial charge is 0.381 e. The van der Waals surface area contributed by atoms with Gasteiger partial charge in [-0.1, -0.05) is 12.1 Å². The number of benzene rings is 1. The van der Waals surface area contributed by atoms with Crippen molar-refractivity contribution < 1.29 is 8.42 Å². The van der Waals surface area contributed by atoms with Crippen LogP contribution in [0.2, 0.25) is 0 Å². The first-order valence-electron chi connectivity index (χ1n) is 6.50. The molecule has 106 valence electrons. The molecule has 1 aliphatic heterocycles. The Balaban J connectivity index is 2.17. The lowest BCUT2D eigenvalue weighted by Crippen LogP contribution is -2.37. The van der Waals surface area contributed by atoms with Crippen LogP contribution in [-0.4, -0.2) is 46.5 Å². The van der Waals surface area contributed by atoms with Crippen LogP contribution >= 0.6 is 0 Å². The molecule has 1 saturated heterocycles. The van der Waals surface area contributed by atoms with E-state index in [1.165, 1.54) is 7.05 Å². The molecule has 6 heteroatoms. The minimum Gasteiger partial charge on any atom is -0.381 e. The van der Waals surface area contributed by atoms with Crippen molar-refractivity contribution in [2.45, 2.75) is 23.8 Å². The number of piperidine rings is 1. The SMILES string of the molecule is CNS(=O)(=O)c1ccccc1NC1CCN(C)CC1. The smallest absolute Gasteiger partial charge is 0.242 e. The van der Waals surface area contributed by atoms with Crippen molar-refractivity contribution in [3.63, 3.8) is 0 Å². The Morgan fingerprint density at radius 2 is 1.84 bits per heavy atom. The number of rotatable bonds is 4. The summed E-state index contributed by atoms with van der Waals surface area (Å²) in [7, 11) is 0.126. The fraction of sp³-hybridized carbons (Fsp3) is 0.538. The van der Waals surface area contributed by atoms with Gasteiger partial charge in [0.25, 0.3) is 0 Å². The standard InChI is InChI=1S/C13H21N3O2S/c1-14-19(17,18)13-6-4-3-5-12(13)15-11-7-9-16(2)10-8-11/h3-6,11,14-15H,7-10H2,1-2H3. The van der Waals surface area contributed by atoms with Crippen molar-refractivity contribution in [2.75, 3.05) is 32.5 Å². The molecule has 1 heterocycles. The van der Waals surface area contributed by atoms with Crippen molar-refractivity contribution in [3.8, 4) is 0 Å². The zero-order valence-electron chi connectivity index (χ0n) is 11.4. The minimum atomic E-state index is -3.41. The third-order valence-corrected chi connectivity index (χ3v) is 5.00. The summed E-state index contributed by atoms with van der Waals surface area (Å²) in [4.78, 5) is 2.60. The fourth-order valence-electron chi connectivity index (χ4n) is 2.30. The molecule has 0 amide bonds. The second-order valence-electron chi connectivity index (χ2n) is 4.93. The van der Waals surface area contributed by atoms with Gasteiger partial charge in [0, 0.05) is 6.04 Å². The monoisotopic (exact) mass is 283 g/mol. The second kappa shape index (κ2) is 5.90. The molecule has 0 spiro atoms. The molecular weight excluding hydrogens is 262 g/mol. The highest BCUT2D eigenvalue weighted by Crippen LogP contribution is 2.23. The first kappa shape index (κ1) is 14.3. The lowest BCUT2D eigenvalue weighted by molar-refractivity contribution is 0.264. The molecule has 0 aromatic heterocycles. The van der Waals surface area contributed by atoms with E-state index in [-0.39, 0.29) is 0 Å². The van der Waals surface area contributed by atoms with Crippen molar-refractivity contribution >= 4 is 15.7 Å². The molecular formula is C13H21N3O2S. The highest BCUT2D eigenvalue weighted by Gasteiger charge is 2.20. The first-order chi connectivity index (χ1) is 9.03. The van der Waals surface area contributed by atoms with Crippen LogP contribution in [0.3, 0.4) is 0 Å². The van der Waals surface area contributed by atoms with Gasteiger partial charge in [0.15, 0.2) is 0 Å². The predicted molar refractivity (Wildman–Crippen MR) is 76.8 cm³/mol. The van der Waals surface area contributed by atoms with Gasteiger partial charge in [-0.3, -0.25) is 0 Å². The summed E-state index contributed by atoms with van der Waals surface area (Å²) in [6.07, 6.45) is 2.06. The number of anilines is 1. The van der Waals surface area contributed by atoms with Gasteiger partial charge in [0.05, 0.1) is 5.69 Å². The summed E-state index contributed by atoms with van der Waals surface area (Å²) in [5, 5.41) is 3.36. The Morgan fingerprint density at radius 1 is 1.21 bits per heavy atom. The van der Waals surface area contributed by atoms with Gasteiger partial charge in [-0.15, -0.1) is 0 Å². The van der Waals surface area contributed by atoms with Crippen LogP contribution in [0.1, 0.15) is 12.8 Å². The summed E-state index contributed by atoms with van der Waals surface area (Å²) >= 11 is 0. The zero-order chi connectivity index (χ0) is 13.9. The Morgan fingerprint density at radius 3 is 2.47 bits per heavy atom. The summed E-state index contributed by atoms with van der Waals surface area (Å²) in [5.41, 5.74) is 0.686. The van der Waals surface area contributed by atoms with Gasteiger partial charge in [0.1, 0.15) is 4.90 Å². The van der Waals surface area contributed by atoms with E-state index in [0.717, 1.165) is 25.9 Å². The van der Waals surface area contributed by atoms with E-state index in [4.69, 9.17) is 0 Å². The van der Waals surface area contributed by atoms with E-state index in [9.17, 15) is 8.42 Å². The number of nitrogens with one attached hydrogen (secondary N) is 2. The lowest BCUT2D eigenvalue weighted by atomic mass is 10.1. The van der Waals surface area contributed by atoms with Gasteiger partial charge in [0.2, 0.25) is 10.0 Å². The van der Waals surface area contributed by atoms with Crippen molar-refractivity contribution in [3.05, 3.63) is 24.3 Å². The van der Waals surface area contributed by atoms with Crippen molar-refractivity contribution in [1.82, 2.24) is 9.62 Å². The summed E-state index contributed by atoms with van der Waals surface area (Å²) in [6, 6.07) is 7.38. The number of para-hydroxylation sites is 1. The molecule has 0 bridgehead atoms. The second-order valence-corrected chi connectivity index (χ2v) is 6.78. The van der Waals surface area contributed by atoms with Crippen LogP contribution in [0.5, 0.6) is 0 Å². The van der Waals surface area contributed by atoms with Gasteiger partial charge in [-0.2, -0.15) is 0 Å². The third kappa shape index (κ3) is 3.46. The molecule has 5 nitrogen and oxygen atoms in total. The van der Waals surface area contributed by atoms with Gasteiger partial charge >= 0.3 is 0 Å². The quantitative estimate of drug-likeness (QED) is 0.869. The molecule has 2 N–H and O–H groups in total. The normalized spacial score (nSPS) is 18.4. The predicted octanol–water partition coefficient (Wildman–Crippen LogP) is 1.10.